The molecular weight excluding hydrogens is 260 g/mol. The minimum absolute atomic E-state index is 0.597. The van der Waals surface area contributed by atoms with Crippen LogP contribution in [0.5, 0.6) is 0 Å². The first-order valence-electron chi connectivity index (χ1n) is 7.63. The Labute approximate surface area is 123 Å². The molecule has 0 heterocycles. The van der Waals surface area contributed by atoms with Gasteiger partial charge in [-0.2, -0.15) is 0 Å². The quantitative estimate of drug-likeness (QED) is 0.380. The van der Waals surface area contributed by atoms with Gasteiger partial charge in [0.1, 0.15) is 0 Å². The van der Waals surface area contributed by atoms with Crippen LogP contribution in [0.25, 0.3) is 0 Å². The van der Waals surface area contributed by atoms with Crippen LogP contribution in [-0.2, 0) is 18.9 Å². The molecule has 0 amide bonds. The maximum Gasteiger partial charge on any atom is 0.0701 e. The molecule has 0 aliphatic rings. The maximum absolute atomic E-state index is 5.38. The van der Waals surface area contributed by atoms with Crippen molar-refractivity contribution in [3.63, 3.8) is 0 Å². The van der Waals surface area contributed by atoms with Gasteiger partial charge >= 0.3 is 0 Å². The minimum Gasteiger partial charge on any atom is -0.379 e. The fourth-order valence-electron chi connectivity index (χ4n) is 1.46. The molecule has 0 aliphatic carbocycles. The Kier molecular flexibility index (Phi) is 18.5. The Hall–Kier alpha value is -0.240. The molecule has 6 heteroatoms. The molecule has 0 aromatic rings. The van der Waals surface area contributed by atoms with E-state index >= 15 is 0 Å². The molecule has 0 saturated carbocycles. The average molecular weight is 292 g/mol. The molecular formula is C14H32N2O4. The molecule has 0 bridgehead atoms. The third-order valence-electron chi connectivity index (χ3n) is 2.60. The van der Waals surface area contributed by atoms with E-state index < -0.39 is 0 Å². The molecule has 0 aromatic heterocycles. The fourth-order valence-corrected chi connectivity index (χ4v) is 1.46. The number of nitrogens with two attached hydrogens (primary N) is 2. The van der Waals surface area contributed by atoms with Crippen molar-refractivity contribution in [3.8, 4) is 0 Å². The summed E-state index contributed by atoms with van der Waals surface area (Å²) in [6.45, 7) is 6.67. The Morgan fingerprint density at radius 2 is 0.700 bits per heavy atom. The SMILES string of the molecule is NCCCCOCCOCCOCCOCCCCN. The lowest BCUT2D eigenvalue weighted by atomic mass is 10.3. The van der Waals surface area contributed by atoms with Crippen LogP contribution in [0.4, 0.5) is 0 Å². The summed E-state index contributed by atoms with van der Waals surface area (Å²) in [7, 11) is 0. The van der Waals surface area contributed by atoms with Crippen molar-refractivity contribution in [1.29, 1.82) is 0 Å². The lowest BCUT2D eigenvalue weighted by Gasteiger charge is -2.07. The zero-order valence-electron chi connectivity index (χ0n) is 12.7. The van der Waals surface area contributed by atoms with Crippen molar-refractivity contribution >= 4 is 0 Å². The summed E-state index contributed by atoms with van der Waals surface area (Å²) in [5, 5.41) is 0. The lowest BCUT2D eigenvalue weighted by molar-refractivity contribution is -0.00234. The second-order valence-corrected chi connectivity index (χ2v) is 4.44. The number of hydrogen-bond acceptors (Lipinski definition) is 6. The molecule has 4 N–H and O–H groups in total. The highest BCUT2D eigenvalue weighted by atomic mass is 16.6. The molecule has 0 rings (SSSR count). The molecule has 0 spiro atoms. The van der Waals surface area contributed by atoms with Gasteiger partial charge in [0.15, 0.2) is 0 Å². The molecule has 0 saturated heterocycles. The standard InChI is InChI=1S/C14H32N2O4/c15-5-1-3-7-17-9-11-19-13-14-20-12-10-18-8-4-2-6-16/h1-16H2. The van der Waals surface area contributed by atoms with E-state index in [9.17, 15) is 0 Å². The Morgan fingerprint density at radius 1 is 0.400 bits per heavy atom. The molecule has 0 fully saturated rings. The highest BCUT2D eigenvalue weighted by Crippen LogP contribution is 1.89. The van der Waals surface area contributed by atoms with Crippen molar-refractivity contribution in [1.82, 2.24) is 0 Å². The molecule has 0 atom stereocenters. The summed E-state index contributed by atoms with van der Waals surface area (Å²) in [5.74, 6) is 0. The van der Waals surface area contributed by atoms with Crippen LogP contribution < -0.4 is 11.5 Å². The van der Waals surface area contributed by atoms with Crippen LogP contribution >= 0.6 is 0 Å². The van der Waals surface area contributed by atoms with Gasteiger partial charge < -0.3 is 30.4 Å². The van der Waals surface area contributed by atoms with Crippen molar-refractivity contribution < 1.29 is 18.9 Å². The van der Waals surface area contributed by atoms with Crippen LogP contribution in [0.2, 0.25) is 0 Å². The van der Waals surface area contributed by atoms with Crippen LogP contribution in [-0.4, -0.2) is 65.9 Å². The highest BCUT2D eigenvalue weighted by Gasteiger charge is 1.93. The van der Waals surface area contributed by atoms with E-state index in [0.29, 0.717) is 39.6 Å². The van der Waals surface area contributed by atoms with Crippen LogP contribution in [0.3, 0.4) is 0 Å². The highest BCUT2D eigenvalue weighted by molar-refractivity contribution is 4.40. The van der Waals surface area contributed by atoms with E-state index in [1.165, 1.54) is 0 Å². The van der Waals surface area contributed by atoms with Gasteiger partial charge in [-0.25, -0.2) is 0 Å². The van der Waals surface area contributed by atoms with E-state index in [1.54, 1.807) is 0 Å². The second kappa shape index (κ2) is 18.8. The summed E-state index contributed by atoms with van der Waals surface area (Å²) in [6, 6.07) is 0. The maximum atomic E-state index is 5.38. The topological polar surface area (TPSA) is 89.0 Å². The van der Waals surface area contributed by atoms with Gasteiger partial charge in [0.2, 0.25) is 0 Å². The summed E-state index contributed by atoms with van der Waals surface area (Å²) < 4.78 is 21.5. The fraction of sp³-hybridized carbons (Fsp3) is 1.00. The number of unbranched alkanes of at least 4 members (excludes halogenated alkanes) is 2. The van der Waals surface area contributed by atoms with Crippen LogP contribution in [0.15, 0.2) is 0 Å². The first-order valence-corrected chi connectivity index (χ1v) is 7.63. The second-order valence-electron chi connectivity index (χ2n) is 4.44. The Balaban J connectivity index is 2.89. The summed E-state index contributed by atoms with van der Waals surface area (Å²) >= 11 is 0. The van der Waals surface area contributed by atoms with Gasteiger partial charge in [0, 0.05) is 13.2 Å². The van der Waals surface area contributed by atoms with Gasteiger partial charge in [-0.15, -0.1) is 0 Å². The van der Waals surface area contributed by atoms with Crippen LogP contribution in [0, 0.1) is 0 Å². The van der Waals surface area contributed by atoms with E-state index in [-0.39, 0.29) is 0 Å². The predicted molar refractivity (Wildman–Crippen MR) is 79.9 cm³/mol. The molecule has 0 aromatic carbocycles. The summed E-state index contributed by atoms with van der Waals surface area (Å²) in [6.07, 6.45) is 4.07. The molecule has 122 valence electrons. The van der Waals surface area contributed by atoms with Gasteiger partial charge in [-0.1, -0.05) is 0 Å². The number of hydrogen-bond donors (Lipinski definition) is 2. The van der Waals surface area contributed by atoms with Gasteiger partial charge in [-0.3, -0.25) is 0 Å². The van der Waals surface area contributed by atoms with Crippen molar-refractivity contribution in [2.45, 2.75) is 25.7 Å². The van der Waals surface area contributed by atoms with Gasteiger partial charge in [0.25, 0.3) is 0 Å². The molecule has 20 heavy (non-hydrogen) atoms. The third-order valence-corrected chi connectivity index (χ3v) is 2.60. The Bertz CT molecular complexity index is 155. The minimum atomic E-state index is 0.597. The first kappa shape index (κ1) is 19.8. The van der Waals surface area contributed by atoms with Crippen molar-refractivity contribution in [3.05, 3.63) is 0 Å². The first-order chi connectivity index (χ1) is 9.91. The number of rotatable bonds is 17. The van der Waals surface area contributed by atoms with Crippen molar-refractivity contribution in [2.24, 2.45) is 11.5 Å². The molecule has 0 radical (unpaired) electrons. The smallest absolute Gasteiger partial charge is 0.0701 e. The summed E-state index contributed by atoms with van der Waals surface area (Å²) in [5.41, 5.74) is 10.8. The van der Waals surface area contributed by atoms with E-state index in [1.807, 2.05) is 0 Å². The normalized spacial score (nSPS) is 11.1. The zero-order chi connectivity index (χ0) is 14.7. The third kappa shape index (κ3) is 17.8. The monoisotopic (exact) mass is 292 g/mol. The van der Waals surface area contributed by atoms with Gasteiger partial charge in [-0.05, 0) is 38.8 Å². The average Bonchev–Trinajstić information content (AvgIpc) is 2.47. The van der Waals surface area contributed by atoms with E-state index in [4.69, 9.17) is 30.4 Å². The van der Waals surface area contributed by atoms with Gasteiger partial charge in [0.05, 0.1) is 39.6 Å². The molecule has 6 nitrogen and oxygen atoms in total. The zero-order valence-corrected chi connectivity index (χ0v) is 12.7. The van der Waals surface area contributed by atoms with Crippen molar-refractivity contribution in [2.75, 3.05) is 65.9 Å². The Morgan fingerprint density at radius 3 is 1.00 bits per heavy atom. The van der Waals surface area contributed by atoms with Crippen LogP contribution in [0.1, 0.15) is 25.7 Å². The van der Waals surface area contributed by atoms with E-state index in [0.717, 1.165) is 52.0 Å². The predicted octanol–water partition coefficient (Wildman–Crippen LogP) is 0.531. The largest absolute Gasteiger partial charge is 0.379 e. The molecule has 0 unspecified atom stereocenters. The number of ether oxygens (including phenoxy) is 4. The van der Waals surface area contributed by atoms with E-state index in [2.05, 4.69) is 0 Å². The molecule has 0 aliphatic heterocycles. The summed E-state index contributed by atoms with van der Waals surface area (Å²) in [4.78, 5) is 0. The lowest BCUT2D eigenvalue weighted by Crippen LogP contribution is -2.12.